The lowest BCUT2D eigenvalue weighted by Crippen LogP contribution is -2.29. The highest BCUT2D eigenvalue weighted by molar-refractivity contribution is 7.99. The normalized spacial score (nSPS) is 13.0. The molecule has 2 N–H and O–H groups in total. The number of rotatable bonds is 8. The van der Waals surface area contributed by atoms with E-state index in [4.69, 9.17) is 11.6 Å². The number of aromatic amines is 1. The van der Waals surface area contributed by atoms with E-state index in [1.165, 1.54) is 28.2 Å². The molecule has 0 atom stereocenters. The third-order valence-corrected chi connectivity index (χ3v) is 8.66. The number of sulfonamides is 1. The molecule has 11 heteroatoms. The summed E-state index contributed by atoms with van der Waals surface area (Å²) >= 11 is 7.34. The molecule has 3 aromatic carbocycles. The number of carbonyl (C=O) groups excluding carboxylic acids is 1. The number of hydrogen-bond donors (Lipinski definition) is 2. The summed E-state index contributed by atoms with van der Waals surface area (Å²) in [6, 6.07) is 20.9. The van der Waals surface area contributed by atoms with Crippen molar-refractivity contribution in [3.05, 3.63) is 88.9 Å². The molecule has 1 aliphatic rings. The topological polar surface area (TPSA) is 108 Å². The Morgan fingerprint density at radius 3 is 2.64 bits per heavy atom. The summed E-state index contributed by atoms with van der Waals surface area (Å²) in [5.41, 5.74) is 2.87. The lowest BCUT2D eigenvalue weighted by atomic mass is 10.1. The minimum absolute atomic E-state index is 0.182. The van der Waals surface area contributed by atoms with E-state index in [0.717, 1.165) is 11.1 Å². The zero-order valence-electron chi connectivity index (χ0n) is 19.0. The van der Waals surface area contributed by atoms with Crippen molar-refractivity contribution in [2.75, 3.05) is 23.1 Å². The maximum atomic E-state index is 13.1. The number of carbonyl (C=O) groups is 1. The second-order valence-corrected chi connectivity index (χ2v) is 11.4. The molecule has 8 nitrogen and oxygen atoms in total. The number of benzene rings is 3. The fourth-order valence-corrected chi connectivity index (χ4v) is 6.22. The first-order chi connectivity index (χ1) is 17.4. The summed E-state index contributed by atoms with van der Waals surface area (Å²) in [5, 5.41) is 11.1. The maximum absolute atomic E-state index is 13.1. The molecule has 184 valence electrons. The van der Waals surface area contributed by atoms with Crippen molar-refractivity contribution in [1.82, 2.24) is 20.5 Å². The first kappa shape index (κ1) is 24.4. The Morgan fingerprint density at radius 1 is 1.08 bits per heavy atom. The highest BCUT2D eigenvalue weighted by Crippen LogP contribution is 2.34. The summed E-state index contributed by atoms with van der Waals surface area (Å²) in [7, 11) is -3.71. The molecule has 36 heavy (non-hydrogen) atoms. The predicted octanol–water partition coefficient (Wildman–Crippen LogP) is 4.40. The number of halogens is 1. The molecular formula is C25H22ClN5O3S2. The maximum Gasteiger partial charge on any atom is 0.264 e. The summed E-state index contributed by atoms with van der Waals surface area (Å²) in [4.78, 5) is 17.3. The van der Waals surface area contributed by atoms with Crippen molar-refractivity contribution in [1.29, 1.82) is 0 Å². The summed E-state index contributed by atoms with van der Waals surface area (Å²) in [6.07, 6.45) is 0.535. The van der Waals surface area contributed by atoms with E-state index in [-0.39, 0.29) is 10.8 Å². The van der Waals surface area contributed by atoms with Crippen LogP contribution in [0.5, 0.6) is 0 Å². The number of anilines is 1. The number of thioether (sulfide) groups is 1. The van der Waals surface area contributed by atoms with Crippen LogP contribution in [-0.4, -0.2) is 48.3 Å². The van der Waals surface area contributed by atoms with Crippen LogP contribution in [0.15, 0.2) is 82.8 Å². The van der Waals surface area contributed by atoms with Crippen molar-refractivity contribution in [3.8, 4) is 11.4 Å². The average Bonchev–Trinajstić information content (AvgIpc) is 3.54. The van der Waals surface area contributed by atoms with Gasteiger partial charge in [0.25, 0.3) is 15.9 Å². The number of nitrogens with one attached hydrogen (secondary N) is 2. The summed E-state index contributed by atoms with van der Waals surface area (Å²) in [6.45, 7) is 0.760. The SMILES string of the molecule is O=C(NCCSc1n[nH]c(-c2ccccc2)n1)c1ccc2c(c1)CCN2S(=O)(=O)c1ccc(Cl)cc1. The van der Waals surface area contributed by atoms with Gasteiger partial charge in [-0.1, -0.05) is 53.7 Å². The molecule has 2 heterocycles. The Labute approximate surface area is 218 Å². The lowest BCUT2D eigenvalue weighted by molar-refractivity contribution is 0.0956. The van der Waals surface area contributed by atoms with Crippen molar-refractivity contribution in [2.24, 2.45) is 0 Å². The molecule has 0 bridgehead atoms. The molecule has 0 radical (unpaired) electrons. The van der Waals surface area contributed by atoms with E-state index in [1.54, 1.807) is 30.3 Å². The molecule has 0 spiro atoms. The van der Waals surface area contributed by atoms with Crippen LogP contribution in [0.25, 0.3) is 11.4 Å². The molecule has 5 rings (SSSR count). The zero-order chi connectivity index (χ0) is 25.1. The second kappa shape index (κ2) is 10.3. The minimum Gasteiger partial charge on any atom is -0.351 e. The van der Waals surface area contributed by atoms with Crippen LogP contribution in [0.1, 0.15) is 15.9 Å². The molecule has 1 aliphatic heterocycles. The van der Waals surface area contributed by atoms with Crippen molar-refractivity contribution in [3.63, 3.8) is 0 Å². The quantitative estimate of drug-likeness (QED) is 0.254. The van der Waals surface area contributed by atoms with Crippen molar-refractivity contribution < 1.29 is 13.2 Å². The number of aromatic nitrogens is 3. The standard InChI is InChI=1S/C25H22ClN5O3S2/c26-20-7-9-21(10-8-20)36(33,34)31-14-12-18-16-19(6-11-22(18)31)24(32)27-13-15-35-25-28-23(29-30-25)17-4-2-1-3-5-17/h1-11,16H,12-15H2,(H,27,32)(H,28,29,30). The minimum atomic E-state index is -3.71. The molecule has 0 unspecified atom stereocenters. The predicted molar refractivity (Wildman–Crippen MR) is 141 cm³/mol. The zero-order valence-corrected chi connectivity index (χ0v) is 21.4. The largest absolute Gasteiger partial charge is 0.351 e. The molecule has 0 fully saturated rings. The first-order valence-electron chi connectivity index (χ1n) is 11.2. The molecule has 0 aliphatic carbocycles. The second-order valence-electron chi connectivity index (χ2n) is 8.06. The van der Waals surface area contributed by atoms with E-state index in [9.17, 15) is 13.2 Å². The third-order valence-electron chi connectivity index (χ3n) is 5.73. The molecule has 0 saturated carbocycles. The number of H-pyrrole nitrogens is 1. The van der Waals surface area contributed by atoms with Gasteiger partial charge in [-0.3, -0.25) is 14.2 Å². The molecule has 0 saturated heterocycles. The van der Waals surface area contributed by atoms with Crippen LogP contribution in [-0.2, 0) is 16.4 Å². The average molecular weight is 540 g/mol. The van der Waals surface area contributed by atoms with Gasteiger partial charge in [0.05, 0.1) is 10.6 Å². The first-order valence-corrected chi connectivity index (χ1v) is 14.0. The van der Waals surface area contributed by atoms with E-state index in [0.29, 0.717) is 52.5 Å². The Hall–Kier alpha value is -3.34. The van der Waals surface area contributed by atoms with Gasteiger partial charge in [-0.05, 0) is 54.4 Å². The van der Waals surface area contributed by atoms with Crippen LogP contribution in [0.4, 0.5) is 5.69 Å². The lowest BCUT2D eigenvalue weighted by Gasteiger charge is -2.19. The fraction of sp³-hybridized carbons (Fsp3) is 0.160. The summed E-state index contributed by atoms with van der Waals surface area (Å²) in [5.74, 6) is 1.10. The highest BCUT2D eigenvalue weighted by atomic mass is 35.5. The van der Waals surface area contributed by atoms with Crippen LogP contribution in [0, 0.1) is 0 Å². The van der Waals surface area contributed by atoms with E-state index >= 15 is 0 Å². The van der Waals surface area contributed by atoms with Gasteiger partial charge in [0, 0.05) is 35.0 Å². The number of nitrogens with zero attached hydrogens (tertiary/aromatic N) is 3. The highest BCUT2D eigenvalue weighted by Gasteiger charge is 2.31. The fourth-order valence-electron chi connectivity index (χ4n) is 3.94. The van der Waals surface area contributed by atoms with Crippen LogP contribution >= 0.6 is 23.4 Å². The molecule has 1 aromatic heterocycles. The Bertz CT molecular complexity index is 1490. The van der Waals surface area contributed by atoms with Gasteiger partial charge in [0.15, 0.2) is 5.82 Å². The molecular weight excluding hydrogens is 518 g/mol. The van der Waals surface area contributed by atoms with Crippen LogP contribution in [0.2, 0.25) is 5.02 Å². The molecule has 1 amide bonds. The van der Waals surface area contributed by atoms with E-state index < -0.39 is 10.0 Å². The van der Waals surface area contributed by atoms with Crippen molar-refractivity contribution >= 4 is 45.0 Å². The monoisotopic (exact) mass is 539 g/mol. The van der Waals surface area contributed by atoms with Crippen LogP contribution < -0.4 is 9.62 Å². The van der Waals surface area contributed by atoms with Crippen molar-refractivity contribution in [2.45, 2.75) is 16.5 Å². The Balaban J connectivity index is 1.17. The number of fused-ring (bicyclic) bond motifs is 1. The molecule has 4 aromatic rings. The van der Waals surface area contributed by atoms with E-state index in [1.807, 2.05) is 30.3 Å². The number of hydrogen-bond acceptors (Lipinski definition) is 6. The van der Waals surface area contributed by atoms with Gasteiger partial charge in [-0.2, -0.15) is 0 Å². The third kappa shape index (κ3) is 5.11. The van der Waals surface area contributed by atoms with Gasteiger partial charge < -0.3 is 5.32 Å². The number of amides is 1. The van der Waals surface area contributed by atoms with Gasteiger partial charge in [0.1, 0.15) is 0 Å². The van der Waals surface area contributed by atoms with Gasteiger partial charge >= 0.3 is 0 Å². The Morgan fingerprint density at radius 2 is 1.86 bits per heavy atom. The van der Waals surface area contributed by atoms with Crippen LogP contribution in [0.3, 0.4) is 0 Å². The Kier molecular flexibility index (Phi) is 6.99. The van der Waals surface area contributed by atoms with Gasteiger partial charge in [0.2, 0.25) is 5.16 Å². The smallest absolute Gasteiger partial charge is 0.264 e. The van der Waals surface area contributed by atoms with E-state index in [2.05, 4.69) is 20.5 Å². The van der Waals surface area contributed by atoms with Gasteiger partial charge in [-0.15, -0.1) is 5.10 Å². The van der Waals surface area contributed by atoms with Gasteiger partial charge in [-0.25, -0.2) is 13.4 Å². The summed E-state index contributed by atoms with van der Waals surface area (Å²) < 4.78 is 27.6.